The van der Waals surface area contributed by atoms with Gasteiger partial charge in [-0.1, -0.05) is 37.8 Å². The SMILES string of the molecule is C=C/C(=C\C(=C/C)c1cc2c(-c3cc4c(-c5ccncc5)cccc4[nH]3)n[nH]c2cn1)CC. The third kappa shape index (κ3) is 3.78. The Bertz CT molecular complexity index is 1520. The van der Waals surface area contributed by atoms with Crippen LogP contribution >= 0.6 is 0 Å². The Hall–Kier alpha value is -4.25. The fraction of sp³-hybridized carbons (Fsp3) is 0.107. The minimum Gasteiger partial charge on any atom is -0.353 e. The highest BCUT2D eigenvalue weighted by atomic mass is 15.1. The summed E-state index contributed by atoms with van der Waals surface area (Å²) >= 11 is 0. The number of fused-ring (bicyclic) bond motifs is 2. The molecule has 33 heavy (non-hydrogen) atoms. The number of H-pyrrole nitrogens is 2. The molecule has 0 atom stereocenters. The standard InChI is InChI=1S/C28H25N5/c1-4-18(5-2)14-19(6-3)25-16-23-27(17-30-25)32-33-28(23)26-15-22-21(8-7-9-24(22)31-26)20-10-12-29-13-11-20/h4,6-17,31H,1,5H2,2-3H3,(H,32,33)/b18-14+,19-6+. The van der Waals surface area contributed by atoms with Crippen LogP contribution in [0.15, 0.2) is 91.4 Å². The van der Waals surface area contributed by atoms with Crippen molar-refractivity contribution in [3.8, 4) is 22.5 Å². The molecule has 0 spiro atoms. The topological polar surface area (TPSA) is 70.2 Å². The van der Waals surface area contributed by atoms with Crippen molar-refractivity contribution in [2.75, 3.05) is 0 Å². The lowest BCUT2D eigenvalue weighted by Gasteiger charge is -2.04. The highest BCUT2D eigenvalue weighted by molar-refractivity contribution is 6.01. The van der Waals surface area contributed by atoms with E-state index < -0.39 is 0 Å². The van der Waals surface area contributed by atoms with Crippen LogP contribution in [0.5, 0.6) is 0 Å². The molecule has 0 bridgehead atoms. The van der Waals surface area contributed by atoms with Crippen molar-refractivity contribution < 1.29 is 0 Å². The third-order valence-electron chi connectivity index (χ3n) is 5.98. The molecule has 0 aliphatic rings. The Morgan fingerprint density at radius 3 is 2.67 bits per heavy atom. The second-order valence-electron chi connectivity index (χ2n) is 7.89. The van der Waals surface area contributed by atoms with Crippen LogP contribution < -0.4 is 0 Å². The van der Waals surface area contributed by atoms with Gasteiger partial charge in [0.1, 0.15) is 5.69 Å². The van der Waals surface area contributed by atoms with E-state index >= 15 is 0 Å². The second kappa shape index (κ2) is 8.71. The number of pyridine rings is 2. The molecule has 0 saturated carbocycles. The molecule has 0 fully saturated rings. The van der Waals surface area contributed by atoms with Gasteiger partial charge in [0.15, 0.2) is 0 Å². The molecule has 0 radical (unpaired) electrons. The highest BCUT2D eigenvalue weighted by Crippen LogP contribution is 2.34. The Balaban J connectivity index is 1.63. The molecular weight excluding hydrogens is 406 g/mol. The fourth-order valence-corrected chi connectivity index (χ4v) is 4.16. The van der Waals surface area contributed by atoms with Crippen LogP contribution in [0, 0.1) is 0 Å². The molecule has 2 N–H and O–H groups in total. The first-order valence-corrected chi connectivity index (χ1v) is 11.1. The van der Waals surface area contributed by atoms with Crippen LogP contribution in [-0.2, 0) is 0 Å². The minimum atomic E-state index is 0.879. The second-order valence-corrected chi connectivity index (χ2v) is 7.89. The summed E-state index contributed by atoms with van der Waals surface area (Å²) in [6.07, 6.45) is 12.5. The molecule has 4 heterocycles. The van der Waals surface area contributed by atoms with Crippen LogP contribution in [0.2, 0.25) is 0 Å². The summed E-state index contributed by atoms with van der Waals surface area (Å²) < 4.78 is 0. The van der Waals surface area contributed by atoms with Crippen LogP contribution in [0.25, 0.3) is 49.9 Å². The number of hydrogen-bond donors (Lipinski definition) is 2. The van der Waals surface area contributed by atoms with Crippen molar-refractivity contribution in [1.82, 2.24) is 25.1 Å². The summed E-state index contributed by atoms with van der Waals surface area (Å²) in [5.41, 5.74) is 9.27. The molecule has 0 aliphatic heterocycles. The predicted octanol–water partition coefficient (Wildman–Crippen LogP) is 7.09. The molecule has 162 valence electrons. The van der Waals surface area contributed by atoms with Crippen molar-refractivity contribution in [2.45, 2.75) is 20.3 Å². The summed E-state index contributed by atoms with van der Waals surface area (Å²) in [6, 6.07) is 14.6. The quantitative estimate of drug-likeness (QED) is 0.282. The van der Waals surface area contributed by atoms with Crippen molar-refractivity contribution in [1.29, 1.82) is 0 Å². The number of benzene rings is 1. The third-order valence-corrected chi connectivity index (χ3v) is 5.98. The molecule has 5 rings (SSSR count). The van der Waals surface area contributed by atoms with E-state index in [1.54, 1.807) is 0 Å². The monoisotopic (exact) mass is 431 g/mol. The first-order valence-electron chi connectivity index (χ1n) is 11.1. The van der Waals surface area contributed by atoms with E-state index in [9.17, 15) is 0 Å². The fourth-order valence-electron chi connectivity index (χ4n) is 4.16. The Morgan fingerprint density at radius 1 is 1.06 bits per heavy atom. The first-order chi connectivity index (χ1) is 16.2. The van der Waals surface area contributed by atoms with E-state index in [4.69, 9.17) is 0 Å². The lowest BCUT2D eigenvalue weighted by atomic mass is 10.0. The highest BCUT2D eigenvalue weighted by Gasteiger charge is 2.15. The number of nitrogens with zero attached hydrogens (tertiary/aromatic N) is 3. The molecule has 0 unspecified atom stereocenters. The van der Waals surface area contributed by atoms with Gasteiger partial charge < -0.3 is 4.98 Å². The van der Waals surface area contributed by atoms with Gasteiger partial charge in [-0.05, 0) is 72.0 Å². The van der Waals surface area contributed by atoms with Crippen LogP contribution in [0.4, 0.5) is 0 Å². The predicted molar refractivity (Wildman–Crippen MR) is 137 cm³/mol. The molecule has 5 heteroatoms. The van der Waals surface area contributed by atoms with E-state index in [1.807, 2.05) is 43.7 Å². The molecule has 0 aliphatic carbocycles. The normalized spacial score (nSPS) is 12.5. The van der Waals surface area contributed by atoms with Crippen molar-refractivity contribution in [3.05, 3.63) is 97.1 Å². The van der Waals surface area contributed by atoms with Crippen molar-refractivity contribution in [3.63, 3.8) is 0 Å². The number of hydrogen-bond acceptors (Lipinski definition) is 3. The molecule has 0 amide bonds. The largest absolute Gasteiger partial charge is 0.353 e. The molecule has 0 saturated heterocycles. The van der Waals surface area contributed by atoms with Crippen molar-refractivity contribution >= 4 is 27.4 Å². The number of rotatable bonds is 6. The molecule has 5 nitrogen and oxygen atoms in total. The van der Waals surface area contributed by atoms with E-state index in [-0.39, 0.29) is 0 Å². The zero-order valence-electron chi connectivity index (χ0n) is 18.8. The maximum Gasteiger partial charge on any atom is 0.116 e. The van der Waals surface area contributed by atoms with Crippen LogP contribution in [-0.4, -0.2) is 25.1 Å². The number of aromatic amines is 2. The van der Waals surface area contributed by atoms with Gasteiger partial charge in [0.2, 0.25) is 0 Å². The van der Waals surface area contributed by atoms with Gasteiger partial charge in [-0.3, -0.25) is 15.1 Å². The summed E-state index contributed by atoms with van der Waals surface area (Å²) in [4.78, 5) is 12.4. The maximum atomic E-state index is 4.67. The molecular formula is C28H25N5. The van der Waals surface area contributed by atoms with E-state index in [1.165, 1.54) is 5.57 Å². The lowest BCUT2D eigenvalue weighted by Crippen LogP contribution is -1.89. The van der Waals surface area contributed by atoms with Gasteiger partial charge in [-0.2, -0.15) is 5.10 Å². The average molecular weight is 432 g/mol. The molecule has 1 aromatic carbocycles. The van der Waals surface area contributed by atoms with Gasteiger partial charge in [0, 0.05) is 28.7 Å². The van der Waals surface area contributed by atoms with Gasteiger partial charge in [0.25, 0.3) is 0 Å². The molecule has 5 aromatic rings. The number of aromatic nitrogens is 5. The summed E-state index contributed by atoms with van der Waals surface area (Å²) in [5, 5.41) is 9.94. The minimum absolute atomic E-state index is 0.879. The van der Waals surface area contributed by atoms with E-state index in [0.717, 1.165) is 62.0 Å². The zero-order chi connectivity index (χ0) is 22.8. The average Bonchev–Trinajstić information content (AvgIpc) is 3.49. The first kappa shape index (κ1) is 20.6. The Kier molecular flexibility index (Phi) is 5.45. The Morgan fingerprint density at radius 2 is 1.91 bits per heavy atom. The van der Waals surface area contributed by atoms with Gasteiger partial charge in [-0.25, -0.2) is 0 Å². The summed E-state index contributed by atoms with van der Waals surface area (Å²) in [6.45, 7) is 8.08. The van der Waals surface area contributed by atoms with Crippen molar-refractivity contribution in [2.24, 2.45) is 0 Å². The smallest absolute Gasteiger partial charge is 0.116 e. The van der Waals surface area contributed by atoms with Gasteiger partial charge in [0.05, 0.1) is 23.1 Å². The van der Waals surface area contributed by atoms with Crippen LogP contribution in [0.1, 0.15) is 26.0 Å². The molecule has 4 aromatic heterocycles. The maximum absolute atomic E-state index is 4.67. The Labute approximate surface area is 192 Å². The van der Waals surface area contributed by atoms with Gasteiger partial charge in [-0.15, -0.1) is 0 Å². The van der Waals surface area contributed by atoms with Crippen LogP contribution in [0.3, 0.4) is 0 Å². The van der Waals surface area contributed by atoms with E-state index in [2.05, 4.69) is 81.1 Å². The van der Waals surface area contributed by atoms with Gasteiger partial charge >= 0.3 is 0 Å². The van der Waals surface area contributed by atoms with E-state index in [0.29, 0.717) is 0 Å². The lowest BCUT2D eigenvalue weighted by molar-refractivity contribution is 1.11. The summed E-state index contributed by atoms with van der Waals surface area (Å²) in [5.74, 6) is 0. The zero-order valence-corrected chi connectivity index (χ0v) is 18.8. The number of allylic oxidation sites excluding steroid dienone is 5. The summed E-state index contributed by atoms with van der Waals surface area (Å²) in [7, 11) is 0. The number of nitrogens with one attached hydrogen (secondary N) is 2.